The maximum absolute atomic E-state index is 11.8. The lowest BCUT2D eigenvalue weighted by Gasteiger charge is -2.34. The molecule has 0 saturated heterocycles. The lowest BCUT2D eigenvalue weighted by Crippen LogP contribution is -2.55. The molecule has 2 rings (SSSR count). The summed E-state index contributed by atoms with van der Waals surface area (Å²) in [6.45, 7) is 2.07. The molecule has 0 radical (unpaired) electrons. The number of aliphatic hydroxyl groups excluding tert-OH is 1. The fraction of sp³-hybridized carbons (Fsp3) is 0.417. The molecule has 1 unspecified atom stereocenters. The molecule has 0 bridgehead atoms. The topological polar surface area (TPSA) is 94.1 Å². The molecule has 1 amide bonds. The van der Waals surface area contributed by atoms with Crippen molar-refractivity contribution in [2.24, 2.45) is 0 Å². The molecule has 2 aromatic rings. The van der Waals surface area contributed by atoms with Gasteiger partial charge < -0.3 is 29.4 Å². The Bertz CT molecular complexity index is 805. The van der Waals surface area contributed by atoms with E-state index in [9.17, 15) is 14.7 Å². The van der Waals surface area contributed by atoms with Crippen LogP contribution in [0, 0.1) is 0 Å². The molecule has 0 heterocycles. The summed E-state index contributed by atoms with van der Waals surface area (Å²) >= 11 is 0. The number of aldehydes is 1. The Balaban J connectivity index is 2.16. The van der Waals surface area contributed by atoms with Gasteiger partial charge in [0, 0.05) is 13.5 Å². The Kier molecular flexibility index (Phi) is 10.2. The number of rotatable bonds is 14. The van der Waals surface area contributed by atoms with E-state index < -0.39 is 36.8 Å². The van der Waals surface area contributed by atoms with E-state index in [-0.39, 0.29) is 19.8 Å². The van der Waals surface area contributed by atoms with Gasteiger partial charge in [0.15, 0.2) is 0 Å². The van der Waals surface area contributed by atoms with Crippen LogP contribution in [0.5, 0.6) is 0 Å². The van der Waals surface area contributed by atoms with Crippen LogP contribution in [0.2, 0.25) is 0 Å². The first-order chi connectivity index (χ1) is 15.4. The van der Waals surface area contributed by atoms with Crippen LogP contribution in [0.3, 0.4) is 0 Å². The first kappa shape index (κ1) is 23.1. The second-order valence-electron chi connectivity index (χ2n) is 7.03. The van der Waals surface area contributed by atoms with E-state index in [1.165, 1.54) is 13.8 Å². The average molecular weight is 431 g/mol. The summed E-state index contributed by atoms with van der Waals surface area (Å²) in [5.74, 6) is -0.428. The predicted octanol–water partition coefficient (Wildman–Crippen LogP) is 2.26. The van der Waals surface area contributed by atoms with Crippen LogP contribution in [0.25, 0.3) is 0 Å². The monoisotopic (exact) mass is 430 g/mol. The van der Waals surface area contributed by atoms with Gasteiger partial charge >= 0.3 is 0 Å². The molecule has 0 aliphatic carbocycles. The Hall–Kier alpha value is -2.58. The summed E-state index contributed by atoms with van der Waals surface area (Å²) in [6.07, 6.45) is -2.80. The minimum atomic E-state index is -1.21. The Morgan fingerprint density at radius 2 is 1.61 bits per heavy atom. The minimum Gasteiger partial charge on any atom is -0.388 e. The van der Waals surface area contributed by atoms with E-state index in [0.717, 1.165) is 11.1 Å². The van der Waals surface area contributed by atoms with Crippen LogP contribution in [0.4, 0.5) is 0 Å². The molecule has 31 heavy (non-hydrogen) atoms. The smallest absolute Gasteiger partial charge is 0.217 e. The molecule has 5 atom stereocenters. The van der Waals surface area contributed by atoms with Gasteiger partial charge in [-0.25, -0.2) is 0 Å². The lowest BCUT2D eigenvalue weighted by atomic mass is 10.0. The summed E-state index contributed by atoms with van der Waals surface area (Å²) in [4.78, 5) is 23.4. The number of amides is 1. The number of benzene rings is 2. The average Bonchev–Trinajstić information content (AvgIpc) is 2.78. The number of aliphatic hydroxyl groups is 1. The van der Waals surface area contributed by atoms with Gasteiger partial charge in [0.05, 0.1) is 21.2 Å². The minimum absolute atomic E-state index is 0.108. The number of hydrogen-bond acceptors (Lipinski definition) is 6. The molecule has 0 aromatic heterocycles. The third-order valence-corrected chi connectivity index (χ3v) is 4.55. The summed E-state index contributed by atoms with van der Waals surface area (Å²) in [6, 6.07) is 17.7. The van der Waals surface area contributed by atoms with E-state index in [4.69, 9.17) is 15.6 Å². The number of carbonyl (C=O) groups excluding carboxylic acids is 2. The molecule has 0 fully saturated rings. The van der Waals surface area contributed by atoms with E-state index in [1.807, 2.05) is 60.7 Å². The third kappa shape index (κ3) is 8.59. The van der Waals surface area contributed by atoms with Gasteiger partial charge in [0.2, 0.25) is 5.91 Å². The Morgan fingerprint density at radius 3 is 2.13 bits per heavy atom. The van der Waals surface area contributed by atoms with Crippen molar-refractivity contribution in [2.75, 3.05) is 13.2 Å². The van der Waals surface area contributed by atoms with Crippen LogP contribution in [-0.4, -0.2) is 54.8 Å². The van der Waals surface area contributed by atoms with Crippen molar-refractivity contribution in [3.8, 4) is 0 Å². The van der Waals surface area contributed by atoms with E-state index in [0.29, 0.717) is 6.29 Å². The molecular weight excluding hydrogens is 398 g/mol. The van der Waals surface area contributed by atoms with Gasteiger partial charge in [-0.15, -0.1) is 0 Å². The van der Waals surface area contributed by atoms with Crippen molar-refractivity contribution in [1.82, 2.24) is 5.32 Å². The predicted molar refractivity (Wildman–Crippen MR) is 116 cm³/mol. The quantitative estimate of drug-likeness (QED) is 0.447. The van der Waals surface area contributed by atoms with Crippen molar-refractivity contribution < 1.29 is 30.3 Å². The van der Waals surface area contributed by atoms with Crippen LogP contribution in [0.15, 0.2) is 60.7 Å². The highest BCUT2D eigenvalue weighted by Gasteiger charge is 2.36. The van der Waals surface area contributed by atoms with Crippen molar-refractivity contribution in [3.05, 3.63) is 71.8 Å². The number of nitrogens with one attached hydrogen (secondary N) is 1. The molecule has 7 nitrogen and oxygen atoms in total. The second-order valence-corrected chi connectivity index (χ2v) is 7.03. The molecule has 0 saturated carbocycles. The fourth-order valence-electron chi connectivity index (χ4n) is 3.11. The lowest BCUT2D eigenvalue weighted by molar-refractivity contribution is -0.155. The largest absolute Gasteiger partial charge is 0.388 e. The SMILES string of the molecule is [2H]C(C)O[C@@H]([C@H](OCc1ccccc1)[C@H](C=O)NC(C)=O)[C@H](O)COCc1ccccc1. The highest BCUT2D eigenvalue weighted by Crippen LogP contribution is 2.17. The maximum atomic E-state index is 11.8. The van der Waals surface area contributed by atoms with E-state index >= 15 is 0 Å². The Labute approximate surface area is 184 Å². The molecule has 0 aliphatic heterocycles. The van der Waals surface area contributed by atoms with Crippen LogP contribution >= 0.6 is 0 Å². The van der Waals surface area contributed by atoms with Crippen LogP contribution in [0.1, 0.15) is 26.3 Å². The van der Waals surface area contributed by atoms with Crippen molar-refractivity contribution in [1.29, 1.82) is 0 Å². The van der Waals surface area contributed by atoms with Gasteiger partial charge in [-0.1, -0.05) is 60.7 Å². The molecule has 2 N–H and O–H groups in total. The van der Waals surface area contributed by atoms with Crippen LogP contribution < -0.4 is 5.32 Å². The van der Waals surface area contributed by atoms with Gasteiger partial charge in [-0.3, -0.25) is 4.79 Å². The molecule has 0 spiro atoms. The zero-order chi connectivity index (χ0) is 23.3. The van der Waals surface area contributed by atoms with Crippen molar-refractivity contribution >= 4 is 12.2 Å². The molecule has 7 heteroatoms. The van der Waals surface area contributed by atoms with Crippen molar-refractivity contribution in [2.45, 2.75) is 51.4 Å². The number of hydrogen-bond donors (Lipinski definition) is 2. The number of carbonyl (C=O) groups is 2. The zero-order valence-electron chi connectivity index (χ0n) is 18.8. The molecule has 2 aromatic carbocycles. The van der Waals surface area contributed by atoms with Gasteiger partial charge in [-0.2, -0.15) is 0 Å². The molecule has 168 valence electrons. The fourth-order valence-corrected chi connectivity index (χ4v) is 3.11. The third-order valence-electron chi connectivity index (χ3n) is 4.55. The normalized spacial score (nSPS) is 16.4. The second kappa shape index (κ2) is 13.7. The highest BCUT2D eigenvalue weighted by atomic mass is 16.6. The van der Waals surface area contributed by atoms with Crippen molar-refractivity contribution in [3.63, 3.8) is 0 Å². The summed E-state index contributed by atoms with van der Waals surface area (Å²) < 4.78 is 25.1. The number of ether oxygens (including phenoxy) is 3. The van der Waals surface area contributed by atoms with Gasteiger partial charge in [0.1, 0.15) is 30.6 Å². The molecule has 0 aliphatic rings. The van der Waals surface area contributed by atoms with Crippen LogP contribution in [-0.2, 0) is 37.0 Å². The summed E-state index contributed by atoms with van der Waals surface area (Å²) in [5.41, 5.74) is 1.78. The van der Waals surface area contributed by atoms with E-state index in [2.05, 4.69) is 5.32 Å². The Morgan fingerprint density at radius 1 is 1.03 bits per heavy atom. The van der Waals surface area contributed by atoms with E-state index in [1.54, 1.807) is 0 Å². The van der Waals surface area contributed by atoms with Gasteiger partial charge in [-0.05, 0) is 18.1 Å². The standard InChI is InChI=1S/C24H31NO6/c1-3-30-24(22(28)17-29-15-19-10-6-4-7-11-19)23(21(14-26)25-18(2)27)31-16-20-12-8-5-9-13-20/h4-14,21-24,28H,3,15-17H2,1-2H3,(H,25,27)/t21-,22+,23+,24+/m0/s1/i3D/t3?,21-,22+,23+,24+. The maximum Gasteiger partial charge on any atom is 0.217 e. The first-order valence-electron chi connectivity index (χ1n) is 10.7. The first-order valence-corrected chi connectivity index (χ1v) is 10.2. The highest BCUT2D eigenvalue weighted by molar-refractivity contribution is 5.77. The molecular formula is C24H31NO6. The summed E-state index contributed by atoms with van der Waals surface area (Å²) in [7, 11) is 0. The zero-order valence-corrected chi connectivity index (χ0v) is 17.8. The van der Waals surface area contributed by atoms with Gasteiger partial charge in [0.25, 0.3) is 0 Å². The summed E-state index contributed by atoms with van der Waals surface area (Å²) in [5, 5.41) is 13.4.